The summed E-state index contributed by atoms with van der Waals surface area (Å²) in [6.45, 7) is 3.91. The fraction of sp³-hybridized carbons (Fsp3) is 0.909. The van der Waals surface area contributed by atoms with Gasteiger partial charge < -0.3 is 10.6 Å². The summed E-state index contributed by atoms with van der Waals surface area (Å²) >= 11 is 0. The third kappa shape index (κ3) is 4.45. The highest BCUT2D eigenvalue weighted by molar-refractivity contribution is 5.82. The average molecular weight is 267 g/mol. The number of halogens is 3. The van der Waals surface area contributed by atoms with Gasteiger partial charge in [-0.3, -0.25) is 9.69 Å². The second-order valence-corrected chi connectivity index (χ2v) is 4.99. The Labute approximate surface area is 105 Å². The number of amides is 1. The predicted molar refractivity (Wildman–Crippen MR) is 61.9 cm³/mol. The highest BCUT2D eigenvalue weighted by Gasteiger charge is 2.33. The van der Waals surface area contributed by atoms with Gasteiger partial charge in [0.05, 0.1) is 12.6 Å². The molecule has 1 fully saturated rings. The number of piperazine rings is 1. The molecule has 1 atom stereocenters. The maximum atomic E-state index is 12.2. The lowest BCUT2D eigenvalue weighted by Crippen LogP contribution is -2.55. The van der Waals surface area contributed by atoms with Crippen molar-refractivity contribution >= 4 is 5.91 Å². The van der Waals surface area contributed by atoms with Crippen LogP contribution in [0.5, 0.6) is 0 Å². The van der Waals surface area contributed by atoms with Crippen LogP contribution in [0.15, 0.2) is 0 Å². The lowest BCUT2D eigenvalue weighted by Gasteiger charge is -2.36. The number of rotatable bonds is 3. The summed E-state index contributed by atoms with van der Waals surface area (Å²) in [4.78, 5) is 14.8. The number of hydrogen-bond donors (Lipinski definition) is 1. The van der Waals surface area contributed by atoms with Gasteiger partial charge in [-0.2, -0.15) is 13.2 Å². The first-order valence-electron chi connectivity index (χ1n) is 6.04. The van der Waals surface area contributed by atoms with Crippen LogP contribution in [-0.4, -0.2) is 60.6 Å². The number of carbonyl (C=O) groups is 1. The normalized spacial score (nSPS) is 20.3. The van der Waals surface area contributed by atoms with Gasteiger partial charge >= 0.3 is 6.18 Å². The molecule has 2 N–H and O–H groups in total. The SMILES string of the molecule is CC(C)[C@@H](N)C(=O)N1CCN(CC(F)(F)F)CC1. The van der Waals surface area contributed by atoms with Crippen LogP contribution in [-0.2, 0) is 4.79 Å². The van der Waals surface area contributed by atoms with Crippen LogP contribution in [0, 0.1) is 5.92 Å². The van der Waals surface area contributed by atoms with Crippen LogP contribution in [0.2, 0.25) is 0 Å². The Hall–Kier alpha value is -0.820. The molecule has 7 heteroatoms. The third-order valence-electron chi connectivity index (χ3n) is 3.09. The van der Waals surface area contributed by atoms with Crippen LogP contribution in [0.25, 0.3) is 0 Å². The molecule has 1 amide bonds. The molecule has 1 aliphatic rings. The van der Waals surface area contributed by atoms with Crippen molar-refractivity contribution in [3.8, 4) is 0 Å². The Kier molecular flexibility index (Phi) is 4.98. The van der Waals surface area contributed by atoms with E-state index in [1.807, 2.05) is 13.8 Å². The molecule has 0 unspecified atom stereocenters. The van der Waals surface area contributed by atoms with Gasteiger partial charge in [-0.25, -0.2) is 0 Å². The summed E-state index contributed by atoms with van der Waals surface area (Å²) in [5.74, 6) is -0.137. The van der Waals surface area contributed by atoms with Crippen molar-refractivity contribution in [3.63, 3.8) is 0 Å². The van der Waals surface area contributed by atoms with Crippen molar-refractivity contribution in [2.24, 2.45) is 11.7 Å². The Morgan fingerprint density at radius 2 is 1.72 bits per heavy atom. The molecule has 0 spiro atoms. The number of alkyl halides is 3. The zero-order valence-corrected chi connectivity index (χ0v) is 10.7. The molecule has 0 aromatic carbocycles. The molecule has 18 heavy (non-hydrogen) atoms. The Bertz CT molecular complexity index is 286. The second-order valence-electron chi connectivity index (χ2n) is 4.99. The van der Waals surface area contributed by atoms with E-state index in [0.717, 1.165) is 0 Å². The molecular weight excluding hydrogens is 247 g/mol. The lowest BCUT2D eigenvalue weighted by atomic mass is 10.0. The number of carbonyl (C=O) groups excluding carboxylic acids is 1. The molecule has 1 heterocycles. The molecule has 0 aromatic heterocycles. The Balaban J connectivity index is 2.42. The second kappa shape index (κ2) is 5.88. The highest BCUT2D eigenvalue weighted by atomic mass is 19.4. The summed E-state index contributed by atoms with van der Waals surface area (Å²) < 4.78 is 36.6. The number of nitrogens with two attached hydrogens (primary N) is 1. The first-order chi connectivity index (χ1) is 8.20. The van der Waals surface area contributed by atoms with Gasteiger partial charge in [0.15, 0.2) is 0 Å². The molecule has 4 nitrogen and oxygen atoms in total. The first kappa shape index (κ1) is 15.2. The monoisotopic (exact) mass is 267 g/mol. The van der Waals surface area contributed by atoms with Gasteiger partial charge in [0.25, 0.3) is 0 Å². The minimum absolute atomic E-state index is 0.0331. The van der Waals surface area contributed by atoms with Crippen molar-refractivity contribution in [3.05, 3.63) is 0 Å². The van der Waals surface area contributed by atoms with Gasteiger partial charge in [-0.15, -0.1) is 0 Å². The van der Waals surface area contributed by atoms with E-state index in [0.29, 0.717) is 13.1 Å². The van der Waals surface area contributed by atoms with Gasteiger partial charge in [0, 0.05) is 26.2 Å². The van der Waals surface area contributed by atoms with Crippen LogP contribution < -0.4 is 5.73 Å². The van der Waals surface area contributed by atoms with Crippen LogP contribution in [0.3, 0.4) is 0 Å². The van der Waals surface area contributed by atoms with E-state index in [1.54, 1.807) is 4.90 Å². The molecule has 1 aliphatic heterocycles. The molecule has 0 aromatic rings. The van der Waals surface area contributed by atoms with Crippen LogP contribution >= 0.6 is 0 Å². The molecule has 1 rings (SSSR count). The van der Waals surface area contributed by atoms with Crippen LogP contribution in [0.1, 0.15) is 13.8 Å². The van der Waals surface area contributed by atoms with Crippen LogP contribution in [0.4, 0.5) is 13.2 Å². The summed E-state index contributed by atoms with van der Waals surface area (Å²) in [5.41, 5.74) is 5.74. The zero-order valence-electron chi connectivity index (χ0n) is 10.7. The summed E-state index contributed by atoms with van der Waals surface area (Å²) in [5, 5.41) is 0. The van der Waals surface area contributed by atoms with E-state index in [9.17, 15) is 18.0 Å². The molecule has 0 radical (unpaired) electrons. The average Bonchev–Trinajstić information content (AvgIpc) is 2.26. The fourth-order valence-electron chi connectivity index (χ4n) is 1.88. The van der Waals surface area contributed by atoms with Gasteiger partial charge in [-0.1, -0.05) is 13.8 Å². The van der Waals surface area contributed by atoms with E-state index in [4.69, 9.17) is 5.73 Å². The number of hydrogen-bond acceptors (Lipinski definition) is 3. The lowest BCUT2D eigenvalue weighted by molar-refractivity contribution is -0.152. The van der Waals surface area contributed by atoms with E-state index in [1.165, 1.54) is 4.90 Å². The smallest absolute Gasteiger partial charge is 0.339 e. The summed E-state index contributed by atoms with van der Waals surface area (Å²) in [6, 6.07) is -0.570. The fourth-order valence-corrected chi connectivity index (χ4v) is 1.88. The minimum Gasteiger partial charge on any atom is -0.339 e. The van der Waals surface area contributed by atoms with Crippen molar-refractivity contribution in [2.45, 2.75) is 26.1 Å². The van der Waals surface area contributed by atoms with Crippen molar-refractivity contribution < 1.29 is 18.0 Å². The number of nitrogens with zero attached hydrogens (tertiary/aromatic N) is 2. The zero-order chi connectivity index (χ0) is 13.9. The maximum Gasteiger partial charge on any atom is 0.401 e. The van der Waals surface area contributed by atoms with Crippen molar-refractivity contribution in [1.29, 1.82) is 0 Å². The Morgan fingerprint density at radius 3 is 2.11 bits per heavy atom. The summed E-state index contributed by atoms with van der Waals surface area (Å²) in [6.07, 6.45) is -4.18. The summed E-state index contributed by atoms with van der Waals surface area (Å²) in [7, 11) is 0. The minimum atomic E-state index is -4.18. The third-order valence-corrected chi connectivity index (χ3v) is 3.09. The molecule has 0 bridgehead atoms. The highest BCUT2D eigenvalue weighted by Crippen LogP contribution is 2.17. The van der Waals surface area contributed by atoms with Gasteiger partial charge in [0.2, 0.25) is 5.91 Å². The topological polar surface area (TPSA) is 49.6 Å². The molecule has 0 saturated carbocycles. The first-order valence-corrected chi connectivity index (χ1v) is 6.04. The van der Waals surface area contributed by atoms with Crippen molar-refractivity contribution in [1.82, 2.24) is 9.80 Å². The maximum absolute atomic E-state index is 12.2. The van der Waals surface area contributed by atoms with Gasteiger partial charge in [-0.05, 0) is 5.92 Å². The Morgan fingerprint density at radius 1 is 1.22 bits per heavy atom. The van der Waals surface area contributed by atoms with Crippen molar-refractivity contribution in [2.75, 3.05) is 32.7 Å². The molecule has 1 saturated heterocycles. The van der Waals surface area contributed by atoms with E-state index < -0.39 is 18.8 Å². The largest absolute Gasteiger partial charge is 0.401 e. The quantitative estimate of drug-likeness (QED) is 0.818. The van der Waals surface area contributed by atoms with E-state index >= 15 is 0 Å². The molecular formula is C11H20F3N3O. The van der Waals surface area contributed by atoms with Gasteiger partial charge in [0.1, 0.15) is 0 Å². The molecule has 106 valence electrons. The standard InChI is InChI=1S/C11H20F3N3O/c1-8(2)9(15)10(18)17-5-3-16(4-6-17)7-11(12,13)14/h8-9H,3-7,15H2,1-2H3/t9-/m1/s1. The molecule has 0 aliphatic carbocycles. The predicted octanol–water partition coefficient (Wildman–Crippen LogP) is 0.676. The van der Waals surface area contributed by atoms with E-state index in [-0.39, 0.29) is 24.9 Å². The van der Waals surface area contributed by atoms with E-state index in [2.05, 4.69) is 0 Å².